The first-order valence-electron chi connectivity index (χ1n) is 7.99. The molecule has 0 radical (unpaired) electrons. The summed E-state index contributed by atoms with van der Waals surface area (Å²) in [6.45, 7) is 0. The lowest BCUT2D eigenvalue weighted by molar-refractivity contribution is 0.628. The third kappa shape index (κ3) is 2.42. The number of aromatic nitrogens is 8. The predicted octanol–water partition coefficient (Wildman–Crippen LogP) is 3.80. The first kappa shape index (κ1) is 16.0. The van der Waals surface area contributed by atoms with Crippen LogP contribution in [0.1, 0.15) is 0 Å². The molecule has 0 bridgehead atoms. The van der Waals surface area contributed by atoms with Crippen molar-refractivity contribution in [1.82, 2.24) is 39.4 Å². The lowest BCUT2D eigenvalue weighted by Crippen LogP contribution is -1.93. The molecule has 136 valence electrons. The maximum absolute atomic E-state index is 13.2. The summed E-state index contributed by atoms with van der Waals surface area (Å²) in [5, 5.41) is 26.4. The Morgan fingerprint density at radius 2 is 1.82 bits per heavy atom. The number of benzene rings is 1. The molecule has 0 unspecified atom stereocenters. The Hall–Kier alpha value is -2.96. The number of hydrogen-bond acceptors (Lipinski definition) is 9. The summed E-state index contributed by atoms with van der Waals surface area (Å²) in [7, 11) is 0. The van der Waals surface area contributed by atoms with E-state index in [4.69, 9.17) is 0 Å². The van der Waals surface area contributed by atoms with Gasteiger partial charge in [-0.1, -0.05) is 11.3 Å². The van der Waals surface area contributed by atoms with Gasteiger partial charge in [0, 0.05) is 5.56 Å². The van der Waals surface area contributed by atoms with Crippen LogP contribution in [0.25, 0.3) is 31.4 Å². The minimum Gasteiger partial charge on any atom is -0.259 e. The van der Waals surface area contributed by atoms with E-state index >= 15 is 0 Å². The zero-order chi connectivity index (χ0) is 18.7. The Kier molecular flexibility index (Phi) is 3.45. The number of nitrogens with zero attached hydrogens (tertiary/aromatic N) is 8. The van der Waals surface area contributed by atoms with Gasteiger partial charge in [0.2, 0.25) is 15.3 Å². The van der Waals surface area contributed by atoms with Crippen LogP contribution in [-0.2, 0) is 0 Å². The maximum atomic E-state index is 13.2. The van der Waals surface area contributed by atoms with Gasteiger partial charge in [0.05, 0.1) is 5.39 Å². The average Bonchev–Trinajstić information content (AvgIpc) is 3.46. The Morgan fingerprint density at radius 3 is 2.71 bits per heavy atom. The molecule has 0 fully saturated rings. The lowest BCUT2D eigenvalue weighted by atomic mass is 10.2. The molecule has 0 atom stereocenters. The van der Waals surface area contributed by atoms with Crippen molar-refractivity contribution in [1.29, 1.82) is 0 Å². The van der Waals surface area contributed by atoms with Crippen LogP contribution in [0, 0.1) is 5.82 Å². The van der Waals surface area contributed by atoms with Crippen LogP contribution in [0.3, 0.4) is 0 Å². The molecular formula is C16H7FN8S3. The van der Waals surface area contributed by atoms with E-state index in [0.717, 1.165) is 26.4 Å². The van der Waals surface area contributed by atoms with Crippen molar-refractivity contribution < 1.29 is 4.39 Å². The Morgan fingerprint density at radius 1 is 0.964 bits per heavy atom. The molecule has 0 aliphatic carbocycles. The van der Waals surface area contributed by atoms with E-state index in [9.17, 15) is 4.39 Å². The number of rotatable bonds is 3. The minimum absolute atomic E-state index is 0.282. The zero-order valence-corrected chi connectivity index (χ0v) is 16.2. The second kappa shape index (κ2) is 6.02. The first-order chi connectivity index (χ1) is 13.8. The highest BCUT2D eigenvalue weighted by molar-refractivity contribution is 7.99. The quantitative estimate of drug-likeness (QED) is 0.425. The molecule has 0 saturated carbocycles. The zero-order valence-electron chi connectivity index (χ0n) is 13.7. The molecule has 0 aliphatic heterocycles. The summed E-state index contributed by atoms with van der Waals surface area (Å²) in [6.07, 6.45) is 1.71. The normalized spacial score (nSPS) is 11.9. The molecule has 8 nitrogen and oxygen atoms in total. The largest absolute Gasteiger partial charge is 0.259 e. The highest BCUT2D eigenvalue weighted by atomic mass is 32.2. The van der Waals surface area contributed by atoms with Gasteiger partial charge in [-0.2, -0.15) is 9.61 Å². The van der Waals surface area contributed by atoms with Crippen molar-refractivity contribution in [2.75, 3.05) is 0 Å². The van der Waals surface area contributed by atoms with Gasteiger partial charge in [-0.3, -0.25) is 4.40 Å². The topological polar surface area (TPSA) is 86.2 Å². The van der Waals surface area contributed by atoms with E-state index in [1.165, 1.54) is 35.2 Å². The van der Waals surface area contributed by atoms with Gasteiger partial charge < -0.3 is 0 Å². The summed E-state index contributed by atoms with van der Waals surface area (Å²) in [5.74, 6) is -0.282. The van der Waals surface area contributed by atoms with Gasteiger partial charge in [0.25, 0.3) is 0 Å². The smallest absolute Gasteiger partial charge is 0.235 e. The van der Waals surface area contributed by atoms with Crippen molar-refractivity contribution in [3.63, 3.8) is 0 Å². The summed E-state index contributed by atoms with van der Waals surface area (Å²) in [4.78, 5) is 6.01. The van der Waals surface area contributed by atoms with Gasteiger partial charge in [-0.05, 0) is 47.5 Å². The fraction of sp³-hybridized carbons (Fsp3) is 0. The second-order valence-electron chi connectivity index (χ2n) is 5.75. The summed E-state index contributed by atoms with van der Waals surface area (Å²) in [5.41, 5.74) is 1.57. The van der Waals surface area contributed by atoms with E-state index in [0.29, 0.717) is 15.3 Å². The van der Waals surface area contributed by atoms with Gasteiger partial charge in [0.15, 0.2) is 5.65 Å². The van der Waals surface area contributed by atoms with E-state index in [2.05, 4.69) is 30.5 Å². The first-order valence-corrected chi connectivity index (χ1v) is 10.5. The summed E-state index contributed by atoms with van der Waals surface area (Å²) >= 11 is 4.26. The second-order valence-corrected chi connectivity index (χ2v) is 8.54. The molecule has 0 saturated heterocycles. The lowest BCUT2D eigenvalue weighted by Gasteiger charge is -1.97. The monoisotopic (exact) mass is 426 g/mol. The highest BCUT2D eigenvalue weighted by Gasteiger charge is 2.18. The molecule has 1 aromatic carbocycles. The van der Waals surface area contributed by atoms with Crippen LogP contribution in [-0.4, -0.2) is 39.4 Å². The third-order valence-electron chi connectivity index (χ3n) is 4.08. The Balaban J connectivity index is 1.41. The summed E-state index contributed by atoms with van der Waals surface area (Å²) < 4.78 is 16.6. The van der Waals surface area contributed by atoms with Crippen molar-refractivity contribution in [3.05, 3.63) is 47.9 Å². The van der Waals surface area contributed by atoms with E-state index in [1.54, 1.807) is 34.3 Å². The molecule has 0 amide bonds. The van der Waals surface area contributed by atoms with Crippen LogP contribution in [0.2, 0.25) is 0 Å². The fourth-order valence-corrected chi connectivity index (χ4v) is 5.17. The Labute approximate surface area is 167 Å². The number of halogens is 1. The molecule has 0 aliphatic rings. The standard InChI is InChI=1S/C16H7FN8S3/c17-9-3-1-8(2-4-9)12-23-25-15(27-12)21-22-16(25)28-14-20-19-11-10-5-6-26-13(10)18-7-24(11)14/h1-7H. The van der Waals surface area contributed by atoms with Gasteiger partial charge >= 0.3 is 0 Å². The van der Waals surface area contributed by atoms with Crippen LogP contribution in [0.5, 0.6) is 0 Å². The molecule has 12 heteroatoms. The fourth-order valence-electron chi connectivity index (χ4n) is 2.77. The van der Waals surface area contributed by atoms with Crippen LogP contribution in [0.15, 0.2) is 52.4 Å². The van der Waals surface area contributed by atoms with Crippen LogP contribution >= 0.6 is 34.4 Å². The number of thiophene rings is 1. The maximum Gasteiger partial charge on any atom is 0.235 e. The molecule has 6 rings (SSSR count). The third-order valence-corrected chi connectivity index (χ3v) is 6.74. The molecule has 6 aromatic rings. The molecule has 5 aromatic heterocycles. The van der Waals surface area contributed by atoms with E-state index in [-0.39, 0.29) is 5.82 Å². The minimum atomic E-state index is -0.282. The molecular weight excluding hydrogens is 419 g/mol. The van der Waals surface area contributed by atoms with Crippen molar-refractivity contribution in [2.45, 2.75) is 10.3 Å². The van der Waals surface area contributed by atoms with Crippen molar-refractivity contribution in [2.24, 2.45) is 0 Å². The number of fused-ring (bicyclic) bond motifs is 4. The van der Waals surface area contributed by atoms with Gasteiger partial charge in [-0.15, -0.1) is 31.7 Å². The molecule has 0 N–H and O–H groups in total. The van der Waals surface area contributed by atoms with Crippen molar-refractivity contribution in [3.8, 4) is 10.6 Å². The highest BCUT2D eigenvalue weighted by Crippen LogP contribution is 2.31. The average molecular weight is 426 g/mol. The van der Waals surface area contributed by atoms with E-state index in [1.807, 2.05) is 15.8 Å². The number of hydrogen-bond donors (Lipinski definition) is 0. The van der Waals surface area contributed by atoms with Crippen LogP contribution < -0.4 is 0 Å². The molecule has 5 heterocycles. The van der Waals surface area contributed by atoms with Gasteiger partial charge in [0.1, 0.15) is 22.0 Å². The van der Waals surface area contributed by atoms with Crippen LogP contribution in [0.4, 0.5) is 4.39 Å². The van der Waals surface area contributed by atoms with Crippen molar-refractivity contribution >= 4 is 55.3 Å². The van der Waals surface area contributed by atoms with Gasteiger partial charge in [-0.25, -0.2) is 9.37 Å². The molecule has 28 heavy (non-hydrogen) atoms. The Bertz CT molecular complexity index is 1460. The predicted molar refractivity (Wildman–Crippen MR) is 104 cm³/mol. The van der Waals surface area contributed by atoms with E-state index < -0.39 is 0 Å². The molecule has 0 spiro atoms. The SMILES string of the molecule is Fc1ccc(-c2nn3c(Sc4nnc5c6ccsc6ncn45)nnc3s2)cc1. The summed E-state index contributed by atoms with van der Waals surface area (Å²) in [6, 6.07) is 8.19.